The van der Waals surface area contributed by atoms with Crippen LogP contribution in [0.25, 0.3) is 0 Å². The van der Waals surface area contributed by atoms with E-state index in [9.17, 15) is 19.2 Å². The number of hydrogen-bond donors (Lipinski definition) is 2. The van der Waals surface area contributed by atoms with E-state index in [0.29, 0.717) is 28.4 Å². The van der Waals surface area contributed by atoms with Crippen molar-refractivity contribution >= 4 is 35.1 Å². The lowest BCUT2D eigenvalue weighted by Crippen LogP contribution is -2.60. The van der Waals surface area contributed by atoms with Gasteiger partial charge in [0.05, 0.1) is 11.4 Å². The minimum Gasteiger partial charge on any atom is -0.454 e. The molecule has 10 heteroatoms. The van der Waals surface area contributed by atoms with Gasteiger partial charge in [0, 0.05) is 0 Å². The minimum atomic E-state index is -1.38. The van der Waals surface area contributed by atoms with Gasteiger partial charge in [-0.1, -0.05) is 18.2 Å². The number of nitrogens with zero attached hydrogens (tertiary/aromatic N) is 2. The van der Waals surface area contributed by atoms with Crippen LogP contribution in [0.4, 0.5) is 16.2 Å². The topological polar surface area (TPSA) is 117 Å². The molecule has 0 bridgehead atoms. The molecule has 2 N–H and O–H groups in total. The van der Waals surface area contributed by atoms with Crippen molar-refractivity contribution in [3.63, 3.8) is 0 Å². The van der Waals surface area contributed by atoms with E-state index in [1.807, 2.05) is 0 Å². The molecule has 0 spiro atoms. The van der Waals surface area contributed by atoms with Gasteiger partial charge >= 0.3 is 6.03 Å². The third-order valence-electron chi connectivity index (χ3n) is 6.28. The number of rotatable bonds is 3. The highest BCUT2D eigenvalue weighted by molar-refractivity contribution is 6.16. The van der Waals surface area contributed by atoms with Crippen molar-refractivity contribution in [2.75, 3.05) is 23.6 Å². The average Bonchev–Trinajstić information content (AvgIpc) is 3.32. The van der Waals surface area contributed by atoms with Gasteiger partial charge in [-0.15, -0.1) is 0 Å². The number of carbonyl (C=O) groups is 4. The monoisotopic (exact) mass is 450 g/mol. The first-order valence-corrected chi connectivity index (χ1v) is 10.4. The first kappa shape index (κ1) is 20.8. The Morgan fingerprint density at radius 3 is 2.55 bits per heavy atom. The van der Waals surface area contributed by atoms with E-state index in [-0.39, 0.29) is 12.7 Å². The van der Waals surface area contributed by atoms with Crippen LogP contribution in [-0.2, 0) is 19.9 Å². The van der Waals surface area contributed by atoms with Gasteiger partial charge < -0.3 is 20.1 Å². The summed E-state index contributed by atoms with van der Waals surface area (Å²) in [5, 5.41) is 5.47. The summed E-state index contributed by atoms with van der Waals surface area (Å²) in [6, 6.07) is 11.2. The van der Waals surface area contributed by atoms with Gasteiger partial charge in [-0.2, -0.15) is 0 Å². The number of benzene rings is 2. The number of para-hydroxylation sites is 2. The van der Waals surface area contributed by atoms with E-state index >= 15 is 0 Å². The van der Waals surface area contributed by atoms with Crippen LogP contribution in [0.2, 0.25) is 0 Å². The van der Waals surface area contributed by atoms with Crippen LogP contribution in [0.1, 0.15) is 26.3 Å². The number of hydrogen-bond acceptors (Lipinski definition) is 6. The Bertz CT molecular complexity index is 1230. The summed E-state index contributed by atoms with van der Waals surface area (Å²) in [6.07, 6.45) is 0. The third-order valence-corrected chi connectivity index (χ3v) is 6.28. The molecule has 2 aromatic carbocycles. The zero-order chi connectivity index (χ0) is 23.5. The summed E-state index contributed by atoms with van der Waals surface area (Å²) < 4.78 is 10.7. The molecule has 33 heavy (non-hydrogen) atoms. The second-order valence-electron chi connectivity index (χ2n) is 8.77. The van der Waals surface area contributed by atoms with Crippen molar-refractivity contribution in [1.29, 1.82) is 0 Å². The fourth-order valence-electron chi connectivity index (χ4n) is 4.35. The summed E-state index contributed by atoms with van der Waals surface area (Å²) in [5.41, 5.74) is -1.12. The normalized spacial score (nSPS) is 22.7. The molecule has 0 aromatic heterocycles. The first-order chi connectivity index (χ1) is 15.6. The smallest absolute Gasteiger partial charge is 0.325 e. The van der Waals surface area contributed by atoms with E-state index in [1.165, 1.54) is 4.90 Å². The molecule has 1 atom stereocenters. The zero-order valence-electron chi connectivity index (χ0n) is 18.3. The molecule has 5 amide bonds. The zero-order valence-corrected chi connectivity index (χ0v) is 18.3. The predicted octanol–water partition coefficient (Wildman–Crippen LogP) is 1.95. The van der Waals surface area contributed by atoms with Gasteiger partial charge in [0.15, 0.2) is 11.5 Å². The highest BCUT2D eigenvalue weighted by atomic mass is 16.7. The minimum absolute atomic E-state index is 0.0805. The van der Waals surface area contributed by atoms with Gasteiger partial charge in [0.2, 0.25) is 18.6 Å². The fourth-order valence-corrected chi connectivity index (χ4v) is 4.35. The quantitative estimate of drug-likeness (QED) is 0.691. The van der Waals surface area contributed by atoms with E-state index in [0.717, 1.165) is 4.90 Å². The molecular weight excluding hydrogens is 428 g/mol. The maximum atomic E-state index is 13.4. The van der Waals surface area contributed by atoms with Crippen LogP contribution in [0.3, 0.4) is 0 Å². The number of carbonyl (C=O) groups excluding carboxylic acids is 4. The molecule has 0 radical (unpaired) electrons. The first-order valence-electron chi connectivity index (χ1n) is 10.4. The van der Waals surface area contributed by atoms with Crippen molar-refractivity contribution in [1.82, 2.24) is 10.2 Å². The second-order valence-corrected chi connectivity index (χ2v) is 8.77. The second kappa shape index (κ2) is 6.96. The van der Waals surface area contributed by atoms with Crippen LogP contribution in [0, 0.1) is 0 Å². The molecule has 5 rings (SSSR count). The third kappa shape index (κ3) is 3.01. The molecule has 3 aliphatic heterocycles. The number of urea groups is 1. The number of imide groups is 1. The van der Waals surface area contributed by atoms with E-state index in [1.54, 1.807) is 63.2 Å². The van der Waals surface area contributed by atoms with Gasteiger partial charge in [0.1, 0.15) is 17.6 Å². The predicted molar refractivity (Wildman–Crippen MR) is 117 cm³/mol. The highest BCUT2D eigenvalue weighted by Gasteiger charge is 2.51. The number of fused-ring (bicyclic) bond motifs is 2. The maximum absolute atomic E-state index is 13.4. The Morgan fingerprint density at radius 1 is 1.03 bits per heavy atom. The molecule has 1 saturated heterocycles. The van der Waals surface area contributed by atoms with Crippen LogP contribution in [-0.4, -0.2) is 47.5 Å². The fraction of sp³-hybridized carbons (Fsp3) is 0.304. The van der Waals surface area contributed by atoms with Crippen molar-refractivity contribution < 1.29 is 28.7 Å². The molecule has 3 heterocycles. The summed E-state index contributed by atoms with van der Waals surface area (Å²) >= 11 is 0. The Hall–Kier alpha value is -4.08. The Balaban J connectivity index is 1.44. The van der Waals surface area contributed by atoms with E-state index in [4.69, 9.17) is 9.47 Å². The molecule has 0 saturated carbocycles. The molecule has 0 aliphatic carbocycles. The summed E-state index contributed by atoms with van der Waals surface area (Å²) in [6.45, 7) is 4.35. The Morgan fingerprint density at radius 2 is 1.76 bits per heavy atom. The van der Waals surface area contributed by atoms with Crippen molar-refractivity contribution in [3.8, 4) is 11.5 Å². The Labute approximate surface area is 189 Å². The number of nitrogens with one attached hydrogen (secondary N) is 2. The molecule has 3 aliphatic rings. The average molecular weight is 450 g/mol. The van der Waals surface area contributed by atoms with Crippen molar-refractivity contribution in [2.24, 2.45) is 0 Å². The SMILES string of the molecule is CC1(c2ccc3c(c2)OCO3)NC(=O)N(CC(=O)N2c3ccccc3NC(=O)C2(C)C)C1=O. The van der Waals surface area contributed by atoms with Crippen molar-refractivity contribution in [3.05, 3.63) is 48.0 Å². The lowest BCUT2D eigenvalue weighted by atomic mass is 9.91. The van der Waals surface area contributed by atoms with Crippen LogP contribution in [0.15, 0.2) is 42.5 Å². The lowest BCUT2D eigenvalue weighted by molar-refractivity contribution is -0.134. The summed E-state index contributed by atoms with van der Waals surface area (Å²) in [5.74, 6) is -0.469. The van der Waals surface area contributed by atoms with E-state index < -0.39 is 35.5 Å². The molecule has 1 fully saturated rings. The summed E-state index contributed by atoms with van der Waals surface area (Å²) in [4.78, 5) is 54.4. The summed E-state index contributed by atoms with van der Waals surface area (Å²) in [7, 11) is 0. The number of anilines is 2. The highest BCUT2D eigenvalue weighted by Crippen LogP contribution is 2.39. The van der Waals surface area contributed by atoms with Crippen molar-refractivity contribution in [2.45, 2.75) is 31.8 Å². The molecule has 170 valence electrons. The standard InChI is InChI=1S/C23H22N4O6/c1-22(2)19(29)24-14-6-4-5-7-15(14)27(22)18(28)11-26-20(30)23(3,25-21(26)31)13-8-9-16-17(10-13)33-12-32-16/h4-10H,11-12H2,1-3H3,(H,24,29)(H,25,31). The number of amides is 5. The van der Waals surface area contributed by atoms with Gasteiger partial charge in [-0.25, -0.2) is 4.79 Å². The van der Waals surface area contributed by atoms with Gasteiger partial charge in [-0.05, 0) is 50.6 Å². The maximum Gasteiger partial charge on any atom is 0.325 e. The largest absolute Gasteiger partial charge is 0.454 e. The van der Waals surface area contributed by atoms with Gasteiger partial charge in [0.25, 0.3) is 5.91 Å². The number of ether oxygens (including phenoxy) is 2. The van der Waals surface area contributed by atoms with Crippen LogP contribution < -0.4 is 25.0 Å². The van der Waals surface area contributed by atoms with E-state index in [2.05, 4.69) is 10.6 Å². The molecular formula is C23H22N4O6. The molecule has 2 aromatic rings. The van der Waals surface area contributed by atoms with Gasteiger partial charge in [-0.3, -0.25) is 24.2 Å². The van der Waals surface area contributed by atoms with Crippen LogP contribution >= 0.6 is 0 Å². The molecule has 10 nitrogen and oxygen atoms in total. The Kier molecular flexibility index (Phi) is 4.39. The lowest BCUT2D eigenvalue weighted by Gasteiger charge is -2.42. The van der Waals surface area contributed by atoms with Crippen LogP contribution in [0.5, 0.6) is 11.5 Å². The molecule has 1 unspecified atom stereocenters.